The molecule has 0 N–H and O–H groups in total. The first-order valence-electron chi connectivity index (χ1n) is 20.4. The van der Waals surface area contributed by atoms with E-state index < -0.39 is 33.3 Å². The maximum Gasteiger partial charge on any atom is 0.187 e. The Labute approximate surface area is 297 Å². The number of rotatable bonds is 16. The van der Waals surface area contributed by atoms with Crippen LogP contribution in [-0.4, -0.2) is 57.7 Å². The van der Waals surface area contributed by atoms with Crippen molar-refractivity contribution < 1.29 is 17.7 Å². The van der Waals surface area contributed by atoms with E-state index in [0.29, 0.717) is 11.5 Å². The van der Waals surface area contributed by atoms with Crippen LogP contribution in [0.4, 0.5) is 0 Å². The van der Waals surface area contributed by atoms with Gasteiger partial charge in [-0.3, -0.25) is 0 Å². The first kappa shape index (κ1) is 40.5. The Bertz CT molecular complexity index is 1030. The Morgan fingerprint density at radius 1 is 0.660 bits per heavy atom. The Morgan fingerprint density at radius 3 is 1.87 bits per heavy atom. The van der Waals surface area contributed by atoms with Gasteiger partial charge in [0.15, 0.2) is 33.3 Å². The van der Waals surface area contributed by atoms with Gasteiger partial charge in [-0.05, 0) is 164 Å². The highest BCUT2D eigenvalue weighted by molar-refractivity contribution is 6.72. The summed E-state index contributed by atoms with van der Waals surface area (Å²) in [4.78, 5) is 0. The second-order valence-corrected chi connectivity index (χ2v) is 37.5. The first-order valence-corrected chi connectivity index (χ1v) is 33.1. The van der Waals surface area contributed by atoms with E-state index in [1.54, 1.807) is 0 Å². The summed E-state index contributed by atoms with van der Waals surface area (Å²) in [6, 6.07) is 3.73. The molecule has 4 rings (SSSR count). The Kier molecular flexibility index (Phi) is 12.9. The summed E-state index contributed by atoms with van der Waals surface area (Å²) < 4.78 is 29.2. The Hall–Kier alpha value is 0.708. The van der Waals surface area contributed by atoms with Crippen LogP contribution in [0.2, 0.25) is 77.1 Å². The molecule has 0 heterocycles. The fourth-order valence-corrected chi connectivity index (χ4v) is 20.3. The van der Waals surface area contributed by atoms with Crippen molar-refractivity contribution in [2.75, 3.05) is 6.61 Å². The summed E-state index contributed by atoms with van der Waals surface area (Å²) in [5.74, 6) is 3.23. The van der Waals surface area contributed by atoms with Crippen LogP contribution in [0.1, 0.15) is 112 Å². The summed E-state index contributed by atoms with van der Waals surface area (Å²) in [6.07, 6.45) is 16.1. The van der Waals surface area contributed by atoms with E-state index in [4.69, 9.17) is 17.7 Å². The summed E-state index contributed by atoms with van der Waals surface area (Å²) in [6.45, 7) is 35.0. The van der Waals surface area contributed by atoms with E-state index in [1.807, 2.05) is 0 Å². The second-order valence-electron chi connectivity index (χ2n) is 20.2. The summed E-state index contributed by atoms with van der Waals surface area (Å²) >= 11 is 0. The zero-order chi connectivity index (χ0) is 35.1. The SMILES string of the molecule is CCC[Si](C)(C)OCC(O[Si](C)(C)C)C1(O[Si](C)(C)CCC)CCC2C3CCC4CC(O[Si](C)(C)CCC)CCC4(C)C3CCC21C. The minimum atomic E-state index is -1.93. The highest BCUT2D eigenvalue weighted by Crippen LogP contribution is 2.70. The first-order chi connectivity index (χ1) is 21.7. The zero-order valence-electron chi connectivity index (χ0n) is 33.9. The minimum absolute atomic E-state index is 0.0307. The lowest BCUT2D eigenvalue weighted by Gasteiger charge is -2.63. The summed E-state index contributed by atoms with van der Waals surface area (Å²) in [5.41, 5.74) is 0.356. The molecular weight excluding hydrogens is 645 g/mol. The van der Waals surface area contributed by atoms with Crippen LogP contribution in [0.3, 0.4) is 0 Å². The van der Waals surface area contributed by atoms with Gasteiger partial charge in [-0.15, -0.1) is 0 Å². The lowest BCUT2D eigenvalue weighted by molar-refractivity contribution is -0.183. The van der Waals surface area contributed by atoms with Crippen molar-refractivity contribution in [1.82, 2.24) is 0 Å². The molecule has 9 unspecified atom stereocenters. The van der Waals surface area contributed by atoms with Crippen LogP contribution in [0.15, 0.2) is 0 Å². The average Bonchev–Trinajstić information content (AvgIpc) is 3.22. The molecule has 8 heteroatoms. The molecule has 0 spiro atoms. The highest BCUT2D eigenvalue weighted by atomic mass is 28.4. The third-order valence-corrected chi connectivity index (χ3v) is 22.9. The molecule has 4 aliphatic carbocycles. The van der Waals surface area contributed by atoms with Crippen LogP contribution < -0.4 is 0 Å². The molecule has 47 heavy (non-hydrogen) atoms. The van der Waals surface area contributed by atoms with Crippen LogP contribution in [0.25, 0.3) is 0 Å². The molecule has 0 saturated heterocycles. The minimum Gasteiger partial charge on any atom is -0.415 e. The van der Waals surface area contributed by atoms with Gasteiger partial charge >= 0.3 is 0 Å². The van der Waals surface area contributed by atoms with Gasteiger partial charge < -0.3 is 17.7 Å². The lowest BCUT2D eigenvalue weighted by Crippen LogP contribution is -2.66. The van der Waals surface area contributed by atoms with E-state index in [9.17, 15) is 0 Å². The van der Waals surface area contributed by atoms with Crippen molar-refractivity contribution in [3.8, 4) is 0 Å². The van der Waals surface area contributed by atoms with E-state index in [-0.39, 0.29) is 17.1 Å². The Morgan fingerprint density at radius 2 is 1.26 bits per heavy atom. The predicted molar refractivity (Wildman–Crippen MR) is 212 cm³/mol. The van der Waals surface area contributed by atoms with Gasteiger partial charge in [0.2, 0.25) is 0 Å². The van der Waals surface area contributed by atoms with Crippen molar-refractivity contribution in [2.24, 2.45) is 34.5 Å². The predicted octanol–water partition coefficient (Wildman–Crippen LogP) is 12.3. The molecule has 0 aliphatic heterocycles. The molecule has 0 aromatic rings. The third-order valence-electron chi connectivity index (χ3n) is 13.9. The van der Waals surface area contributed by atoms with Crippen molar-refractivity contribution in [3.05, 3.63) is 0 Å². The van der Waals surface area contributed by atoms with E-state index in [0.717, 1.165) is 36.7 Å². The molecule has 0 aromatic heterocycles. The lowest BCUT2D eigenvalue weighted by atomic mass is 9.44. The van der Waals surface area contributed by atoms with Crippen molar-refractivity contribution in [1.29, 1.82) is 0 Å². The van der Waals surface area contributed by atoms with Crippen molar-refractivity contribution in [3.63, 3.8) is 0 Å². The molecule has 4 fully saturated rings. The number of hydrogen-bond acceptors (Lipinski definition) is 4. The molecule has 4 aliphatic rings. The van der Waals surface area contributed by atoms with Gasteiger partial charge in [-0.1, -0.05) is 53.9 Å². The second kappa shape index (κ2) is 15.0. The molecule has 0 bridgehead atoms. The fraction of sp³-hybridized carbons (Fsp3) is 1.00. The van der Waals surface area contributed by atoms with Crippen LogP contribution >= 0.6 is 0 Å². The van der Waals surface area contributed by atoms with Gasteiger partial charge in [-0.25, -0.2) is 0 Å². The monoisotopic (exact) mass is 725 g/mol. The number of hydrogen-bond donors (Lipinski definition) is 0. The molecule has 0 radical (unpaired) electrons. The van der Waals surface area contributed by atoms with Crippen molar-refractivity contribution >= 4 is 33.3 Å². The van der Waals surface area contributed by atoms with Gasteiger partial charge in [-0.2, -0.15) is 0 Å². The van der Waals surface area contributed by atoms with Crippen molar-refractivity contribution in [2.45, 2.75) is 207 Å². The quantitative estimate of drug-likeness (QED) is 0.149. The van der Waals surface area contributed by atoms with E-state index in [1.165, 1.54) is 88.8 Å². The fourth-order valence-electron chi connectivity index (χ4n) is 12.0. The van der Waals surface area contributed by atoms with Gasteiger partial charge in [0.1, 0.15) is 0 Å². The van der Waals surface area contributed by atoms with Gasteiger partial charge in [0, 0.05) is 11.5 Å². The van der Waals surface area contributed by atoms with E-state index >= 15 is 0 Å². The maximum absolute atomic E-state index is 7.88. The topological polar surface area (TPSA) is 36.9 Å². The molecule has 0 aromatic carbocycles. The molecule has 9 atom stereocenters. The largest absolute Gasteiger partial charge is 0.415 e. The molecule has 4 saturated carbocycles. The zero-order valence-corrected chi connectivity index (χ0v) is 37.9. The average molecular weight is 725 g/mol. The van der Waals surface area contributed by atoms with E-state index in [2.05, 4.69) is 93.5 Å². The van der Waals surface area contributed by atoms with Crippen LogP contribution in [0, 0.1) is 34.5 Å². The van der Waals surface area contributed by atoms with Gasteiger partial charge in [0.25, 0.3) is 0 Å². The Balaban J connectivity index is 1.65. The summed E-state index contributed by atoms with van der Waals surface area (Å²) in [7, 11) is -7.12. The van der Waals surface area contributed by atoms with Crippen LogP contribution in [-0.2, 0) is 17.7 Å². The standard InChI is InChI=1S/C39H80O4Si4/c1-15-26-45(9,10)40-30-36(42-44(6,7)8)39(43-47(13,14)28-17-3)25-22-35-33-19-18-31-29-32(41-46(11,12)27-16-2)20-23-37(31,4)34(33)21-24-38(35,39)5/h31-36H,15-30H2,1-14H3. The van der Waals surface area contributed by atoms with Gasteiger partial charge in [0.05, 0.1) is 18.3 Å². The maximum atomic E-state index is 7.88. The highest BCUT2D eigenvalue weighted by Gasteiger charge is 2.69. The molecule has 276 valence electrons. The van der Waals surface area contributed by atoms with Crippen LogP contribution in [0.5, 0.6) is 0 Å². The molecular formula is C39H80O4Si4. The normalized spacial score (nSPS) is 37.3. The molecule has 4 nitrogen and oxygen atoms in total. The number of fused-ring (bicyclic) bond motifs is 5. The summed E-state index contributed by atoms with van der Waals surface area (Å²) in [5, 5.41) is 0. The molecule has 0 amide bonds. The smallest absolute Gasteiger partial charge is 0.187 e. The third kappa shape index (κ3) is 8.85.